The first-order chi connectivity index (χ1) is 13.7. The number of fused-ring (bicyclic) bond motifs is 4. The number of carbonyl (C=O) groups excluding carboxylic acids is 2. The van der Waals surface area contributed by atoms with Gasteiger partial charge in [-0.25, -0.2) is 0 Å². The Morgan fingerprint density at radius 3 is 2.86 bits per heavy atom. The van der Waals surface area contributed by atoms with Crippen LogP contribution in [-0.2, 0) is 9.59 Å². The summed E-state index contributed by atoms with van der Waals surface area (Å²) in [6, 6.07) is 12.6. The number of carbonyl (C=O) groups is 2. The number of nitrogens with zero attached hydrogens (tertiary/aromatic N) is 2. The van der Waals surface area contributed by atoms with Crippen molar-refractivity contribution in [3.63, 3.8) is 0 Å². The van der Waals surface area contributed by atoms with E-state index in [1.54, 1.807) is 4.90 Å². The molecule has 2 amide bonds. The normalized spacial score (nSPS) is 26.9. The monoisotopic (exact) mass is 375 g/mol. The molecule has 0 bridgehead atoms. The van der Waals surface area contributed by atoms with Crippen molar-refractivity contribution in [2.75, 3.05) is 13.3 Å². The maximum Gasteiger partial charge on any atom is 0.243 e. The minimum atomic E-state index is -0.524. The lowest BCUT2D eigenvalue weighted by Gasteiger charge is -2.47. The van der Waals surface area contributed by atoms with Crippen molar-refractivity contribution in [3.05, 3.63) is 58.6 Å². The molecule has 4 heterocycles. The topological polar surface area (TPSA) is 80.2 Å². The van der Waals surface area contributed by atoms with Gasteiger partial charge in [0.15, 0.2) is 11.5 Å². The Kier molecular flexibility index (Phi) is 3.12. The second-order valence-corrected chi connectivity index (χ2v) is 7.41. The number of hydrogen-bond donors (Lipinski definition) is 1. The van der Waals surface area contributed by atoms with E-state index >= 15 is 0 Å². The highest BCUT2D eigenvalue weighted by Crippen LogP contribution is 2.44. The zero-order chi connectivity index (χ0) is 18.8. The molecule has 28 heavy (non-hydrogen) atoms. The van der Waals surface area contributed by atoms with Gasteiger partial charge in [0.25, 0.3) is 0 Å². The first-order valence-corrected chi connectivity index (χ1v) is 9.35. The predicted molar refractivity (Wildman–Crippen MR) is 98.0 cm³/mol. The fourth-order valence-corrected chi connectivity index (χ4v) is 4.75. The van der Waals surface area contributed by atoms with Gasteiger partial charge in [-0.1, -0.05) is 24.3 Å². The molecule has 3 atom stereocenters. The zero-order valence-corrected chi connectivity index (χ0v) is 14.9. The van der Waals surface area contributed by atoms with E-state index in [-0.39, 0.29) is 37.2 Å². The Morgan fingerprint density at radius 2 is 1.93 bits per heavy atom. The van der Waals surface area contributed by atoms with E-state index in [4.69, 9.17) is 14.5 Å². The molecular formula is C21H17N3O4. The lowest BCUT2D eigenvalue weighted by atomic mass is 9.82. The Hall–Kier alpha value is -3.35. The summed E-state index contributed by atoms with van der Waals surface area (Å²) in [5.41, 5.74) is 2.01. The number of nitrogens with one attached hydrogen (secondary N) is 1. The molecule has 0 spiro atoms. The average molecular weight is 375 g/mol. The van der Waals surface area contributed by atoms with Gasteiger partial charge in [-0.05, 0) is 29.3 Å². The lowest BCUT2D eigenvalue weighted by molar-refractivity contribution is -0.149. The Morgan fingerprint density at radius 1 is 1.07 bits per heavy atom. The Bertz CT molecular complexity index is 1160. The highest BCUT2D eigenvalue weighted by Gasteiger charge is 2.49. The number of piperazine rings is 1. The number of piperidine rings is 1. The van der Waals surface area contributed by atoms with Gasteiger partial charge in [-0.2, -0.15) is 0 Å². The highest BCUT2D eigenvalue weighted by molar-refractivity contribution is 5.97. The van der Waals surface area contributed by atoms with Crippen molar-refractivity contribution in [2.45, 2.75) is 24.5 Å². The van der Waals surface area contributed by atoms with Crippen LogP contribution in [0.5, 0.6) is 11.5 Å². The van der Waals surface area contributed by atoms with E-state index < -0.39 is 6.04 Å². The SMILES string of the molecule is O=C1NCC(=O)N2[C@@H]1CC1=c3ccccc3=N[C@H]1[C@@H]2c1ccc2c(c1)OCO2. The quantitative estimate of drug-likeness (QED) is 0.763. The molecule has 0 aromatic heterocycles. The summed E-state index contributed by atoms with van der Waals surface area (Å²) in [6.07, 6.45) is 0.504. The van der Waals surface area contributed by atoms with Crippen LogP contribution in [0, 0.1) is 0 Å². The third kappa shape index (κ3) is 2.07. The number of ether oxygens (including phenoxy) is 2. The van der Waals surface area contributed by atoms with Gasteiger partial charge in [-0.3, -0.25) is 14.6 Å². The Balaban J connectivity index is 1.56. The molecule has 0 unspecified atom stereocenters. The van der Waals surface area contributed by atoms with E-state index in [1.165, 1.54) is 0 Å². The number of amides is 2. The van der Waals surface area contributed by atoms with Crippen molar-refractivity contribution < 1.29 is 19.1 Å². The van der Waals surface area contributed by atoms with E-state index in [2.05, 4.69) is 5.32 Å². The standard InChI is InChI=1S/C21H17N3O4/c25-18-9-22-21(26)15-8-13-12-3-1-2-4-14(12)23-19(13)20(24(15)18)11-5-6-16-17(7-11)28-10-27-16/h1-7,15,19-20H,8-10H2,(H,22,26)/t15-,19-,20+/m1/s1. The first kappa shape index (κ1) is 15.7. The molecule has 1 N–H and O–H groups in total. The summed E-state index contributed by atoms with van der Waals surface area (Å²) < 4.78 is 11.0. The highest BCUT2D eigenvalue weighted by atomic mass is 16.7. The summed E-state index contributed by atoms with van der Waals surface area (Å²) in [5.74, 6) is 1.15. The molecule has 0 saturated carbocycles. The van der Waals surface area contributed by atoms with Gasteiger partial charge in [0.1, 0.15) is 6.04 Å². The van der Waals surface area contributed by atoms with Gasteiger partial charge in [0.2, 0.25) is 18.6 Å². The lowest BCUT2D eigenvalue weighted by Crippen LogP contribution is -2.63. The van der Waals surface area contributed by atoms with E-state index in [0.29, 0.717) is 17.9 Å². The molecule has 140 valence electrons. The second kappa shape index (κ2) is 5.58. The molecule has 2 aromatic rings. The van der Waals surface area contributed by atoms with Gasteiger partial charge in [-0.15, -0.1) is 0 Å². The second-order valence-electron chi connectivity index (χ2n) is 7.41. The fourth-order valence-electron chi connectivity index (χ4n) is 4.75. The minimum Gasteiger partial charge on any atom is -0.454 e. The predicted octanol–water partition coefficient (Wildman–Crippen LogP) is 0.0398. The van der Waals surface area contributed by atoms with Gasteiger partial charge < -0.3 is 19.7 Å². The number of hydrogen-bond acceptors (Lipinski definition) is 5. The van der Waals surface area contributed by atoms with E-state index in [0.717, 1.165) is 21.7 Å². The van der Waals surface area contributed by atoms with Gasteiger partial charge in [0.05, 0.1) is 24.0 Å². The van der Waals surface area contributed by atoms with Crippen LogP contribution in [0.4, 0.5) is 0 Å². The first-order valence-electron chi connectivity index (χ1n) is 9.35. The van der Waals surface area contributed by atoms with Crippen LogP contribution >= 0.6 is 0 Å². The molecule has 2 saturated heterocycles. The van der Waals surface area contributed by atoms with E-state index in [1.807, 2.05) is 42.5 Å². The van der Waals surface area contributed by atoms with Crippen LogP contribution in [0.2, 0.25) is 0 Å². The van der Waals surface area contributed by atoms with Crippen LogP contribution in [0.1, 0.15) is 18.0 Å². The molecule has 2 fully saturated rings. The largest absolute Gasteiger partial charge is 0.454 e. The molecule has 7 nitrogen and oxygen atoms in total. The van der Waals surface area contributed by atoms with Crippen LogP contribution in [0.15, 0.2) is 47.5 Å². The number of benzene rings is 2. The van der Waals surface area contributed by atoms with Crippen LogP contribution in [0.3, 0.4) is 0 Å². The van der Waals surface area contributed by atoms with Crippen molar-refractivity contribution in [1.82, 2.24) is 10.2 Å². The van der Waals surface area contributed by atoms with Crippen molar-refractivity contribution in [1.29, 1.82) is 0 Å². The summed E-state index contributed by atoms with van der Waals surface area (Å²) in [7, 11) is 0. The third-order valence-corrected chi connectivity index (χ3v) is 5.98. The summed E-state index contributed by atoms with van der Waals surface area (Å²) in [6.45, 7) is 0.207. The Labute approximate surface area is 160 Å². The molecule has 0 radical (unpaired) electrons. The summed E-state index contributed by atoms with van der Waals surface area (Å²) >= 11 is 0. The number of rotatable bonds is 1. The molecule has 7 heteroatoms. The number of para-hydroxylation sites is 1. The van der Waals surface area contributed by atoms with Gasteiger partial charge in [0, 0.05) is 11.6 Å². The molecule has 6 rings (SSSR count). The molecule has 4 aliphatic heterocycles. The fraction of sp³-hybridized carbons (Fsp3) is 0.286. The van der Waals surface area contributed by atoms with Crippen LogP contribution in [0.25, 0.3) is 5.57 Å². The summed E-state index contributed by atoms with van der Waals surface area (Å²) in [5, 5.41) is 4.72. The van der Waals surface area contributed by atoms with Crippen molar-refractivity contribution in [2.24, 2.45) is 4.99 Å². The molecular weight excluding hydrogens is 358 g/mol. The smallest absolute Gasteiger partial charge is 0.243 e. The minimum absolute atomic E-state index is 0.0192. The van der Waals surface area contributed by atoms with Crippen molar-refractivity contribution in [3.8, 4) is 11.5 Å². The van der Waals surface area contributed by atoms with Gasteiger partial charge >= 0.3 is 0 Å². The maximum absolute atomic E-state index is 12.9. The zero-order valence-electron chi connectivity index (χ0n) is 14.9. The molecule has 0 aliphatic carbocycles. The third-order valence-electron chi connectivity index (χ3n) is 5.98. The summed E-state index contributed by atoms with van der Waals surface area (Å²) in [4.78, 5) is 32.2. The maximum atomic E-state index is 12.9. The van der Waals surface area contributed by atoms with E-state index in [9.17, 15) is 9.59 Å². The van der Waals surface area contributed by atoms with Crippen molar-refractivity contribution >= 4 is 17.4 Å². The average Bonchev–Trinajstić information content (AvgIpc) is 3.33. The molecule has 4 aliphatic rings. The van der Waals surface area contributed by atoms with Crippen LogP contribution in [-0.4, -0.2) is 42.1 Å². The van der Waals surface area contributed by atoms with Crippen LogP contribution < -0.4 is 25.4 Å². The molecule has 2 aromatic carbocycles.